The van der Waals surface area contributed by atoms with Crippen LogP contribution < -0.4 is 4.90 Å². The number of hydrogen-bond donors (Lipinski definition) is 0. The van der Waals surface area contributed by atoms with E-state index in [-0.39, 0.29) is 10.8 Å². The molecule has 57 heavy (non-hydrogen) atoms. The van der Waals surface area contributed by atoms with Gasteiger partial charge in [-0.05, 0) is 120 Å². The molecule has 0 N–H and O–H groups in total. The normalized spacial score (nSPS) is 17.9. The highest BCUT2D eigenvalue weighted by Gasteiger charge is 2.56. The van der Waals surface area contributed by atoms with Crippen LogP contribution in [0.4, 0.5) is 17.1 Å². The standard InChI is InChI=1S/C56H43N/c1-54(2)42-28-15-12-25-38(42)39-31-32-45-50(49(39)54)56(5)44-30-17-14-27-41(44)48-46(35-21-10-7-11-22-35)47-40-26-13-16-29-43(40)55(3,4)51(47)53(52(48)56)57(45)37-24-18-23-36(33-37)34-19-8-6-9-20-34/h6-33H,1-5H3. The summed E-state index contributed by atoms with van der Waals surface area (Å²) in [5.41, 5.74) is 26.0. The van der Waals surface area contributed by atoms with Crippen molar-refractivity contribution in [2.24, 2.45) is 0 Å². The molecule has 8 aromatic carbocycles. The van der Waals surface area contributed by atoms with E-state index in [1.165, 1.54) is 112 Å². The molecule has 0 saturated carbocycles. The summed E-state index contributed by atoms with van der Waals surface area (Å²) in [4.78, 5) is 2.69. The Kier molecular flexibility index (Phi) is 6.39. The molecule has 0 bridgehead atoms. The van der Waals surface area contributed by atoms with Gasteiger partial charge in [-0.3, -0.25) is 0 Å². The van der Waals surface area contributed by atoms with Gasteiger partial charge in [0.15, 0.2) is 0 Å². The summed E-state index contributed by atoms with van der Waals surface area (Å²) in [7, 11) is 0. The molecule has 0 fully saturated rings. The van der Waals surface area contributed by atoms with Crippen LogP contribution in [0.5, 0.6) is 0 Å². The van der Waals surface area contributed by atoms with Crippen molar-refractivity contribution in [2.45, 2.75) is 50.9 Å². The minimum absolute atomic E-state index is 0.207. The first-order valence-electron chi connectivity index (χ1n) is 20.5. The fourth-order valence-electron chi connectivity index (χ4n) is 11.8. The van der Waals surface area contributed by atoms with E-state index < -0.39 is 5.41 Å². The van der Waals surface area contributed by atoms with E-state index in [1.807, 2.05) is 0 Å². The van der Waals surface area contributed by atoms with Crippen LogP contribution in [0.15, 0.2) is 170 Å². The number of nitrogens with zero attached hydrogens (tertiary/aromatic N) is 1. The van der Waals surface area contributed by atoms with Gasteiger partial charge in [-0.1, -0.05) is 179 Å². The van der Waals surface area contributed by atoms with Crippen LogP contribution in [-0.2, 0) is 16.2 Å². The molecule has 8 aromatic rings. The zero-order chi connectivity index (χ0) is 38.4. The Labute approximate surface area is 335 Å². The quantitative estimate of drug-likeness (QED) is 0.175. The third kappa shape index (κ3) is 3.99. The fourth-order valence-corrected chi connectivity index (χ4v) is 11.8. The second-order valence-corrected chi connectivity index (χ2v) is 17.7. The van der Waals surface area contributed by atoms with Gasteiger partial charge in [0.25, 0.3) is 0 Å². The summed E-state index contributed by atoms with van der Waals surface area (Å²) in [6.45, 7) is 12.4. The van der Waals surface area contributed by atoms with Crippen LogP contribution in [-0.4, -0.2) is 0 Å². The van der Waals surface area contributed by atoms with E-state index in [2.05, 4.69) is 209 Å². The van der Waals surface area contributed by atoms with Gasteiger partial charge in [0.2, 0.25) is 0 Å². The molecule has 0 spiro atoms. The van der Waals surface area contributed by atoms with E-state index >= 15 is 0 Å². The molecule has 0 radical (unpaired) electrons. The third-order valence-corrected chi connectivity index (χ3v) is 14.1. The first-order chi connectivity index (χ1) is 27.7. The second kappa shape index (κ2) is 11.1. The zero-order valence-corrected chi connectivity index (χ0v) is 33.1. The lowest BCUT2D eigenvalue weighted by Gasteiger charge is -2.47. The summed E-state index contributed by atoms with van der Waals surface area (Å²) in [6, 6.07) is 64.0. The lowest BCUT2D eigenvalue weighted by molar-refractivity contribution is 0.610. The first-order valence-corrected chi connectivity index (χ1v) is 20.5. The molecule has 1 heterocycles. The predicted molar refractivity (Wildman–Crippen MR) is 238 cm³/mol. The monoisotopic (exact) mass is 729 g/mol. The van der Waals surface area contributed by atoms with Crippen molar-refractivity contribution >= 4 is 17.1 Å². The molecule has 1 atom stereocenters. The smallest absolute Gasteiger partial charge is 0.0559 e. The summed E-state index contributed by atoms with van der Waals surface area (Å²) >= 11 is 0. The number of hydrogen-bond acceptors (Lipinski definition) is 1. The topological polar surface area (TPSA) is 3.24 Å². The summed E-state index contributed by atoms with van der Waals surface area (Å²) in [6.07, 6.45) is 0. The molecular weight excluding hydrogens is 687 g/mol. The minimum Gasteiger partial charge on any atom is -0.309 e. The highest BCUT2D eigenvalue weighted by Crippen LogP contribution is 2.71. The summed E-state index contributed by atoms with van der Waals surface area (Å²) in [5, 5.41) is 0. The van der Waals surface area contributed by atoms with Crippen molar-refractivity contribution in [3.63, 3.8) is 0 Å². The lowest BCUT2D eigenvalue weighted by Crippen LogP contribution is -2.37. The lowest BCUT2D eigenvalue weighted by atomic mass is 9.63. The molecule has 3 aliphatic carbocycles. The van der Waals surface area contributed by atoms with Gasteiger partial charge in [0.05, 0.1) is 11.4 Å². The van der Waals surface area contributed by atoms with Crippen LogP contribution in [0.25, 0.3) is 55.6 Å². The predicted octanol–water partition coefficient (Wildman–Crippen LogP) is 14.8. The maximum Gasteiger partial charge on any atom is 0.0559 e. The number of fused-ring (bicyclic) bond motifs is 13. The Balaban J connectivity index is 1.31. The highest BCUT2D eigenvalue weighted by atomic mass is 15.2. The van der Waals surface area contributed by atoms with Crippen molar-refractivity contribution in [2.75, 3.05) is 4.90 Å². The van der Waals surface area contributed by atoms with Crippen molar-refractivity contribution in [1.29, 1.82) is 0 Å². The Morgan fingerprint density at radius 1 is 0.351 bits per heavy atom. The van der Waals surface area contributed by atoms with Gasteiger partial charge in [0.1, 0.15) is 0 Å². The molecule has 4 aliphatic rings. The minimum atomic E-state index is -0.432. The van der Waals surface area contributed by atoms with E-state index in [0.29, 0.717) is 0 Å². The van der Waals surface area contributed by atoms with E-state index in [0.717, 1.165) is 0 Å². The van der Waals surface area contributed by atoms with Gasteiger partial charge < -0.3 is 4.90 Å². The van der Waals surface area contributed by atoms with Crippen molar-refractivity contribution in [1.82, 2.24) is 0 Å². The third-order valence-electron chi connectivity index (χ3n) is 14.1. The fraction of sp³-hybridized carbons (Fsp3) is 0.143. The Morgan fingerprint density at radius 2 is 0.877 bits per heavy atom. The van der Waals surface area contributed by atoms with Crippen LogP contribution >= 0.6 is 0 Å². The van der Waals surface area contributed by atoms with Gasteiger partial charge in [-0.2, -0.15) is 0 Å². The molecule has 12 rings (SSSR count). The largest absolute Gasteiger partial charge is 0.309 e. The number of anilines is 3. The number of benzene rings is 8. The number of rotatable bonds is 3. The molecule has 0 amide bonds. The molecule has 1 heteroatoms. The Bertz CT molecular complexity index is 3020. The summed E-state index contributed by atoms with van der Waals surface area (Å²) < 4.78 is 0. The molecule has 1 unspecified atom stereocenters. The van der Waals surface area contributed by atoms with E-state index in [1.54, 1.807) is 0 Å². The Morgan fingerprint density at radius 3 is 1.58 bits per heavy atom. The van der Waals surface area contributed by atoms with Crippen LogP contribution in [0.1, 0.15) is 73.6 Å². The highest BCUT2D eigenvalue weighted by molar-refractivity contribution is 6.12. The Hall–Kier alpha value is -6.44. The van der Waals surface area contributed by atoms with Crippen LogP contribution in [0, 0.1) is 0 Å². The molecule has 0 saturated heterocycles. The maximum absolute atomic E-state index is 2.69. The van der Waals surface area contributed by atoms with Crippen LogP contribution in [0.2, 0.25) is 0 Å². The SMILES string of the molecule is CC1(C)c2ccccc2-c2c(-c3ccccc3)c3c4c(c21)N(c1cccc(-c2ccccc2)c1)c1ccc2c(c1C4(C)c1ccccc1-3)C(C)(C)c1ccccc1-2. The van der Waals surface area contributed by atoms with Crippen molar-refractivity contribution in [3.8, 4) is 55.6 Å². The molecular formula is C56H43N. The van der Waals surface area contributed by atoms with E-state index in [9.17, 15) is 0 Å². The molecule has 272 valence electrons. The van der Waals surface area contributed by atoms with Gasteiger partial charge in [0, 0.05) is 21.9 Å². The maximum atomic E-state index is 2.69. The average Bonchev–Trinajstić information content (AvgIpc) is 3.76. The molecule has 0 aromatic heterocycles. The molecule has 1 aliphatic heterocycles. The second-order valence-electron chi connectivity index (χ2n) is 17.7. The zero-order valence-electron chi connectivity index (χ0n) is 33.1. The van der Waals surface area contributed by atoms with E-state index in [4.69, 9.17) is 0 Å². The van der Waals surface area contributed by atoms with Crippen LogP contribution in [0.3, 0.4) is 0 Å². The van der Waals surface area contributed by atoms with Crippen molar-refractivity contribution < 1.29 is 0 Å². The average molecular weight is 730 g/mol. The first kappa shape index (κ1) is 32.8. The van der Waals surface area contributed by atoms with Gasteiger partial charge in [-0.25, -0.2) is 0 Å². The summed E-state index contributed by atoms with van der Waals surface area (Å²) in [5.74, 6) is 0. The molecule has 1 nitrogen and oxygen atoms in total. The van der Waals surface area contributed by atoms with Crippen molar-refractivity contribution in [3.05, 3.63) is 209 Å². The van der Waals surface area contributed by atoms with Gasteiger partial charge >= 0.3 is 0 Å². The van der Waals surface area contributed by atoms with Gasteiger partial charge in [-0.15, -0.1) is 0 Å².